The van der Waals surface area contributed by atoms with E-state index in [-0.39, 0.29) is 34.1 Å². The number of aliphatic hydroxyl groups is 1. The number of aliphatic hydroxyl groups excluding tert-OH is 1. The second kappa shape index (κ2) is 13.3. The molecule has 6 rings (SSSR count). The number of hydrogen-bond acceptors (Lipinski definition) is 10. The summed E-state index contributed by atoms with van der Waals surface area (Å²) in [6, 6.07) is 18.9. The number of fused-ring (bicyclic) bond motifs is 1. The van der Waals surface area contributed by atoms with E-state index in [9.17, 15) is 19.5 Å². The molecule has 242 valence electrons. The molecule has 1 amide bonds. The van der Waals surface area contributed by atoms with Crippen molar-refractivity contribution in [2.45, 2.75) is 52.9 Å². The summed E-state index contributed by atoms with van der Waals surface area (Å²) in [4.78, 5) is 46.3. The Hall–Kier alpha value is -5.16. The van der Waals surface area contributed by atoms with E-state index in [1.165, 1.54) is 4.90 Å². The Labute approximate surface area is 276 Å². The molecule has 2 aliphatic heterocycles. The highest BCUT2D eigenvalue weighted by Crippen LogP contribution is 2.46. The Kier molecular flexibility index (Phi) is 8.99. The van der Waals surface area contributed by atoms with Crippen molar-refractivity contribution < 1.29 is 38.4 Å². The van der Waals surface area contributed by atoms with E-state index in [1.54, 1.807) is 50.2 Å². The zero-order valence-corrected chi connectivity index (χ0v) is 27.3. The number of ketones is 1. The summed E-state index contributed by atoms with van der Waals surface area (Å²) in [5.74, 6) is -1.10. The van der Waals surface area contributed by atoms with E-state index in [1.807, 2.05) is 44.2 Å². The van der Waals surface area contributed by atoms with Gasteiger partial charge in [-0.2, -0.15) is 0 Å². The highest BCUT2D eigenvalue weighted by molar-refractivity contribution is 7.17. The molecule has 1 N–H and O–H groups in total. The molecular formula is C36H34N2O8S. The maximum absolute atomic E-state index is 13.8. The molecule has 1 fully saturated rings. The minimum Gasteiger partial charge on any atom is -0.507 e. The number of anilines is 1. The lowest BCUT2D eigenvalue weighted by atomic mass is 9.94. The van der Waals surface area contributed by atoms with Crippen LogP contribution in [-0.4, -0.2) is 47.1 Å². The molecule has 4 aromatic rings. The van der Waals surface area contributed by atoms with Crippen LogP contribution in [0.2, 0.25) is 0 Å². The van der Waals surface area contributed by atoms with Gasteiger partial charge < -0.3 is 24.1 Å². The minimum atomic E-state index is -1.10. The van der Waals surface area contributed by atoms with Crippen LogP contribution in [0.3, 0.4) is 0 Å². The number of amides is 1. The fourth-order valence-corrected chi connectivity index (χ4v) is 6.75. The summed E-state index contributed by atoms with van der Waals surface area (Å²) < 4.78 is 23.1. The molecule has 0 aliphatic carbocycles. The third kappa shape index (κ3) is 6.18. The maximum atomic E-state index is 13.8. The van der Waals surface area contributed by atoms with Crippen LogP contribution in [0.15, 0.2) is 72.3 Å². The Morgan fingerprint density at radius 2 is 1.81 bits per heavy atom. The zero-order valence-electron chi connectivity index (χ0n) is 26.4. The molecule has 47 heavy (non-hydrogen) atoms. The van der Waals surface area contributed by atoms with Crippen molar-refractivity contribution in [1.29, 1.82) is 0 Å². The first kappa shape index (κ1) is 31.8. The molecule has 2 atom stereocenters. The third-order valence-electron chi connectivity index (χ3n) is 7.89. The van der Waals surface area contributed by atoms with Crippen molar-refractivity contribution in [3.63, 3.8) is 0 Å². The number of carbonyl (C=O) groups excluding carboxylic acids is 3. The number of carbonyl (C=O) groups is 3. The topological polar surface area (TPSA) is 124 Å². The monoisotopic (exact) mass is 654 g/mol. The maximum Gasteiger partial charge on any atom is 0.350 e. The van der Waals surface area contributed by atoms with Crippen LogP contribution in [0.5, 0.6) is 17.2 Å². The standard InChI is InChI=1S/C36H34N2O8S/c1-5-43-28-18-23(12-15-27(28)45-19-22-10-8-7-9-11-22)30-29(31(39)24-13-14-26-25(17-24)16-20(3)46-26)32(40)34(41)38(30)36-37-21(4)33(47-36)35(42)44-6-2/h7-15,17-18,20,30,39H,5-6,16,19H2,1-4H3/b31-29+. The van der Waals surface area contributed by atoms with Crippen molar-refractivity contribution in [2.24, 2.45) is 0 Å². The first-order valence-corrected chi connectivity index (χ1v) is 16.2. The van der Waals surface area contributed by atoms with Crippen molar-refractivity contribution in [1.82, 2.24) is 4.98 Å². The summed E-state index contributed by atoms with van der Waals surface area (Å²) in [7, 11) is 0. The average Bonchev–Trinajstić information content (AvgIpc) is 3.72. The van der Waals surface area contributed by atoms with Crippen LogP contribution < -0.4 is 19.1 Å². The number of esters is 1. The van der Waals surface area contributed by atoms with Gasteiger partial charge in [0, 0.05) is 12.0 Å². The summed E-state index contributed by atoms with van der Waals surface area (Å²) in [5.41, 5.74) is 2.95. The predicted octanol–water partition coefficient (Wildman–Crippen LogP) is 6.56. The Morgan fingerprint density at radius 3 is 2.55 bits per heavy atom. The number of thiazole rings is 1. The molecule has 1 aromatic heterocycles. The molecule has 0 bridgehead atoms. The van der Waals surface area contributed by atoms with Gasteiger partial charge in [0.1, 0.15) is 29.1 Å². The van der Waals surface area contributed by atoms with Gasteiger partial charge in [0.15, 0.2) is 16.6 Å². The van der Waals surface area contributed by atoms with Crippen molar-refractivity contribution in [3.8, 4) is 17.2 Å². The number of aromatic nitrogens is 1. The fourth-order valence-electron chi connectivity index (χ4n) is 5.76. The van der Waals surface area contributed by atoms with Gasteiger partial charge in [-0.3, -0.25) is 14.5 Å². The number of nitrogens with zero attached hydrogens (tertiary/aromatic N) is 2. The highest BCUT2D eigenvalue weighted by Gasteiger charge is 2.49. The molecule has 0 saturated carbocycles. The highest BCUT2D eigenvalue weighted by atomic mass is 32.1. The van der Waals surface area contributed by atoms with Crippen LogP contribution in [0, 0.1) is 6.92 Å². The Balaban J connectivity index is 1.47. The van der Waals surface area contributed by atoms with Crippen LogP contribution in [-0.2, 0) is 27.4 Å². The van der Waals surface area contributed by atoms with Gasteiger partial charge in [-0.25, -0.2) is 9.78 Å². The molecular weight excluding hydrogens is 620 g/mol. The van der Waals surface area contributed by atoms with E-state index in [2.05, 4.69) is 4.98 Å². The zero-order chi connectivity index (χ0) is 33.2. The number of Topliss-reactive ketones (excluding diaryl/α,β-unsaturated/α-hetero) is 1. The van der Waals surface area contributed by atoms with Crippen molar-refractivity contribution in [3.05, 3.63) is 105 Å². The smallest absolute Gasteiger partial charge is 0.350 e. The third-order valence-corrected chi connectivity index (χ3v) is 9.02. The largest absolute Gasteiger partial charge is 0.507 e. The fraction of sp³-hybridized carbons (Fsp3) is 0.278. The van der Waals surface area contributed by atoms with Gasteiger partial charge >= 0.3 is 11.9 Å². The molecule has 3 aromatic carbocycles. The van der Waals surface area contributed by atoms with Gasteiger partial charge in [0.2, 0.25) is 0 Å². The number of rotatable bonds is 10. The van der Waals surface area contributed by atoms with Gasteiger partial charge in [-0.15, -0.1) is 0 Å². The normalized spacial score (nSPS) is 18.2. The lowest BCUT2D eigenvalue weighted by molar-refractivity contribution is -0.132. The molecule has 2 aliphatic rings. The number of benzene rings is 3. The molecule has 10 nitrogen and oxygen atoms in total. The first-order valence-electron chi connectivity index (χ1n) is 15.4. The SMILES string of the molecule is CCOC(=O)c1sc(N2C(=O)C(=O)/C(=C(/O)c3ccc4c(c3)CC(C)O4)C2c2ccc(OCc3ccccc3)c(OCC)c2)nc1C. The Bertz CT molecular complexity index is 1880. The number of hydrogen-bond donors (Lipinski definition) is 1. The molecule has 2 unspecified atom stereocenters. The van der Waals surface area contributed by atoms with Crippen LogP contribution >= 0.6 is 11.3 Å². The second-order valence-electron chi connectivity index (χ2n) is 11.2. The molecule has 1 saturated heterocycles. The van der Waals surface area contributed by atoms with Gasteiger partial charge in [-0.05, 0) is 74.7 Å². The second-order valence-corrected chi connectivity index (χ2v) is 12.1. The van der Waals surface area contributed by atoms with E-state index in [0.29, 0.717) is 53.7 Å². The van der Waals surface area contributed by atoms with Gasteiger partial charge in [0.05, 0.1) is 30.5 Å². The molecule has 3 heterocycles. The molecule has 11 heteroatoms. The predicted molar refractivity (Wildman–Crippen MR) is 176 cm³/mol. The van der Waals surface area contributed by atoms with E-state index in [0.717, 1.165) is 22.5 Å². The summed E-state index contributed by atoms with van der Waals surface area (Å²) in [6.07, 6.45) is 0.625. The van der Waals surface area contributed by atoms with Crippen LogP contribution in [0.1, 0.15) is 64.4 Å². The summed E-state index contributed by atoms with van der Waals surface area (Å²) in [5, 5.41) is 11.9. The quantitative estimate of drug-likeness (QED) is 0.0877. The lowest BCUT2D eigenvalue weighted by Gasteiger charge is -2.24. The van der Waals surface area contributed by atoms with Crippen LogP contribution in [0.4, 0.5) is 5.13 Å². The van der Waals surface area contributed by atoms with Gasteiger partial charge in [-0.1, -0.05) is 47.7 Å². The van der Waals surface area contributed by atoms with Crippen LogP contribution in [0.25, 0.3) is 5.76 Å². The van der Waals surface area contributed by atoms with Crippen molar-refractivity contribution >= 4 is 39.9 Å². The Morgan fingerprint density at radius 1 is 1.02 bits per heavy atom. The first-order chi connectivity index (χ1) is 22.7. The minimum absolute atomic E-state index is 0.0191. The summed E-state index contributed by atoms with van der Waals surface area (Å²) >= 11 is 0.949. The number of aryl methyl sites for hydroxylation is 1. The number of ether oxygens (including phenoxy) is 4. The summed E-state index contributed by atoms with van der Waals surface area (Å²) in [6.45, 7) is 7.92. The molecule has 0 spiro atoms. The van der Waals surface area contributed by atoms with Crippen molar-refractivity contribution in [2.75, 3.05) is 18.1 Å². The van der Waals surface area contributed by atoms with E-state index in [4.69, 9.17) is 18.9 Å². The molecule has 0 radical (unpaired) electrons. The van der Waals surface area contributed by atoms with E-state index >= 15 is 0 Å². The average molecular weight is 655 g/mol. The lowest BCUT2D eigenvalue weighted by Crippen LogP contribution is -2.29. The van der Waals surface area contributed by atoms with Gasteiger partial charge in [0.25, 0.3) is 5.78 Å². The van der Waals surface area contributed by atoms with E-state index < -0.39 is 23.7 Å².